The van der Waals surface area contributed by atoms with E-state index >= 15 is 0 Å². The van der Waals surface area contributed by atoms with Gasteiger partial charge in [-0.15, -0.1) is 0 Å². The van der Waals surface area contributed by atoms with Crippen LogP contribution in [-0.2, 0) is 5.41 Å². The molecule has 1 nitrogen and oxygen atoms in total. The third-order valence-corrected chi connectivity index (χ3v) is 3.79. The van der Waals surface area contributed by atoms with Gasteiger partial charge in [0.1, 0.15) is 5.75 Å². The Morgan fingerprint density at radius 2 is 1.59 bits per heavy atom. The van der Waals surface area contributed by atoms with Gasteiger partial charge in [-0.1, -0.05) is 50.2 Å². The molecule has 0 saturated heterocycles. The highest BCUT2D eigenvalue weighted by atomic mass is 16.5. The van der Waals surface area contributed by atoms with Gasteiger partial charge in [0.25, 0.3) is 0 Å². The molecule has 0 fully saturated rings. The van der Waals surface area contributed by atoms with Crippen molar-refractivity contribution < 1.29 is 4.74 Å². The smallest absolute Gasteiger partial charge is 0.127 e. The van der Waals surface area contributed by atoms with Crippen LogP contribution in [0.4, 0.5) is 0 Å². The fourth-order valence-electron chi connectivity index (χ4n) is 2.89. The fraction of sp³-hybridized carbons (Fsp3) is 0.250. The minimum atomic E-state index is 0.0699. The van der Waals surface area contributed by atoms with Crippen LogP contribution in [0.5, 0.6) is 5.75 Å². The maximum Gasteiger partial charge on any atom is 0.127 e. The molecular weight excluding hydrogens is 208 g/mol. The maximum atomic E-state index is 5.51. The molecule has 1 heteroatoms. The molecule has 1 aliphatic rings. The van der Waals surface area contributed by atoms with Crippen molar-refractivity contribution in [1.82, 2.24) is 0 Å². The molecular formula is C16H16O. The number of fused-ring (bicyclic) bond motifs is 3. The van der Waals surface area contributed by atoms with Gasteiger partial charge in [0.2, 0.25) is 0 Å². The van der Waals surface area contributed by atoms with E-state index < -0.39 is 0 Å². The minimum absolute atomic E-state index is 0.0699. The molecule has 0 spiro atoms. The van der Waals surface area contributed by atoms with E-state index in [1.54, 1.807) is 7.11 Å². The summed E-state index contributed by atoms with van der Waals surface area (Å²) < 4.78 is 5.51. The number of rotatable bonds is 1. The minimum Gasteiger partial charge on any atom is -0.496 e. The van der Waals surface area contributed by atoms with Gasteiger partial charge < -0.3 is 4.74 Å². The van der Waals surface area contributed by atoms with Crippen molar-refractivity contribution in [1.29, 1.82) is 0 Å². The first-order chi connectivity index (χ1) is 8.16. The van der Waals surface area contributed by atoms with Crippen LogP contribution in [0.2, 0.25) is 0 Å². The van der Waals surface area contributed by atoms with Gasteiger partial charge in [0.05, 0.1) is 7.11 Å². The quantitative estimate of drug-likeness (QED) is 0.711. The lowest BCUT2D eigenvalue weighted by atomic mass is 9.82. The summed E-state index contributed by atoms with van der Waals surface area (Å²) in [6.45, 7) is 4.55. The van der Waals surface area contributed by atoms with Crippen molar-refractivity contribution in [3.63, 3.8) is 0 Å². The molecule has 0 atom stereocenters. The second-order valence-electron chi connectivity index (χ2n) is 5.05. The number of ether oxygens (including phenoxy) is 1. The number of benzene rings is 2. The van der Waals surface area contributed by atoms with Crippen molar-refractivity contribution in [2.75, 3.05) is 7.11 Å². The molecule has 0 unspecified atom stereocenters. The summed E-state index contributed by atoms with van der Waals surface area (Å²) in [5, 5.41) is 0. The first-order valence-corrected chi connectivity index (χ1v) is 5.93. The summed E-state index contributed by atoms with van der Waals surface area (Å²) in [7, 11) is 1.74. The van der Waals surface area contributed by atoms with Crippen LogP contribution in [0.1, 0.15) is 25.0 Å². The Kier molecular flexibility index (Phi) is 2.06. The molecule has 3 rings (SSSR count). The lowest BCUT2D eigenvalue weighted by molar-refractivity contribution is 0.416. The average molecular weight is 224 g/mol. The maximum absolute atomic E-state index is 5.51. The van der Waals surface area contributed by atoms with E-state index in [2.05, 4.69) is 50.2 Å². The number of methoxy groups -OCH3 is 1. The van der Waals surface area contributed by atoms with Gasteiger partial charge in [-0.3, -0.25) is 0 Å². The lowest BCUT2D eigenvalue weighted by Gasteiger charge is -2.21. The first-order valence-electron chi connectivity index (χ1n) is 5.93. The van der Waals surface area contributed by atoms with Crippen molar-refractivity contribution in [2.45, 2.75) is 19.3 Å². The molecule has 0 bridgehead atoms. The van der Waals surface area contributed by atoms with Crippen LogP contribution in [-0.4, -0.2) is 7.11 Å². The Morgan fingerprint density at radius 3 is 2.35 bits per heavy atom. The van der Waals surface area contributed by atoms with Gasteiger partial charge in [0, 0.05) is 11.0 Å². The largest absolute Gasteiger partial charge is 0.496 e. The van der Waals surface area contributed by atoms with Crippen LogP contribution < -0.4 is 4.74 Å². The molecule has 86 valence electrons. The normalized spacial score (nSPS) is 15.2. The molecule has 0 saturated carbocycles. The third-order valence-electron chi connectivity index (χ3n) is 3.79. The van der Waals surface area contributed by atoms with Crippen LogP contribution in [0.25, 0.3) is 11.1 Å². The predicted octanol–water partition coefficient (Wildman–Crippen LogP) is 4.00. The Balaban J connectivity index is 2.41. The zero-order valence-electron chi connectivity index (χ0n) is 10.4. The number of hydrogen-bond donors (Lipinski definition) is 0. The van der Waals surface area contributed by atoms with Gasteiger partial charge in [0.15, 0.2) is 0 Å². The second kappa shape index (κ2) is 3.36. The second-order valence-corrected chi connectivity index (χ2v) is 5.05. The molecule has 17 heavy (non-hydrogen) atoms. The molecule has 1 aliphatic carbocycles. The Labute approximate surface area is 102 Å². The average Bonchev–Trinajstić information content (AvgIpc) is 2.60. The molecule has 0 heterocycles. The summed E-state index contributed by atoms with van der Waals surface area (Å²) in [5.74, 6) is 0.973. The van der Waals surface area contributed by atoms with Gasteiger partial charge >= 0.3 is 0 Å². The SMILES string of the molecule is COc1cccc2c1-c1ccccc1C2(C)C. The molecule has 0 amide bonds. The van der Waals surface area contributed by atoms with E-state index in [1.165, 1.54) is 22.3 Å². The first kappa shape index (κ1) is 10.4. The molecule has 0 aromatic heterocycles. The van der Waals surface area contributed by atoms with Crippen molar-refractivity contribution in [2.24, 2.45) is 0 Å². The summed E-state index contributed by atoms with van der Waals surface area (Å²) in [6.07, 6.45) is 0. The van der Waals surface area contributed by atoms with E-state index in [4.69, 9.17) is 4.74 Å². The van der Waals surface area contributed by atoms with Crippen LogP contribution >= 0.6 is 0 Å². The standard InChI is InChI=1S/C16H16O/c1-16(2)12-8-5-4-7-11(12)15-13(16)9-6-10-14(15)17-3/h4-10H,1-3H3. The van der Waals surface area contributed by atoms with Crippen molar-refractivity contribution >= 4 is 0 Å². The Hall–Kier alpha value is -1.76. The predicted molar refractivity (Wildman–Crippen MR) is 70.6 cm³/mol. The summed E-state index contributed by atoms with van der Waals surface area (Å²) >= 11 is 0. The van der Waals surface area contributed by atoms with Crippen LogP contribution in [0.3, 0.4) is 0 Å². The van der Waals surface area contributed by atoms with E-state index in [1.807, 2.05) is 6.07 Å². The van der Waals surface area contributed by atoms with E-state index in [9.17, 15) is 0 Å². The van der Waals surface area contributed by atoms with Crippen molar-refractivity contribution in [3.8, 4) is 16.9 Å². The molecule has 0 N–H and O–H groups in total. The molecule has 2 aromatic rings. The summed E-state index contributed by atoms with van der Waals surface area (Å²) in [5.41, 5.74) is 5.39. The van der Waals surface area contributed by atoms with Crippen molar-refractivity contribution in [3.05, 3.63) is 53.6 Å². The van der Waals surface area contributed by atoms with Crippen LogP contribution in [0, 0.1) is 0 Å². The monoisotopic (exact) mass is 224 g/mol. The zero-order chi connectivity index (χ0) is 12.0. The molecule has 0 aliphatic heterocycles. The van der Waals surface area contributed by atoms with Gasteiger partial charge in [-0.25, -0.2) is 0 Å². The molecule has 2 aromatic carbocycles. The van der Waals surface area contributed by atoms with Gasteiger partial charge in [-0.05, 0) is 22.8 Å². The van der Waals surface area contributed by atoms with E-state index in [-0.39, 0.29) is 5.41 Å². The Bertz CT molecular complexity index is 582. The highest BCUT2D eigenvalue weighted by molar-refractivity contribution is 5.84. The van der Waals surface area contributed by atoms with E-state index in [0.29, 0.717) is 0 Å². The lowest BCUT2D eigenvalue weighted by Crippen LogP contribution is -2.14. The highest BCUT2D eigenvalue weighted by Crippen LogP contribution is 2.51. The Morgan fingerprint density at radius 1 is 0.882 bits per heavy atom. The summed E-state index contributed by atoms with van der Waals surface area (Å²) in [6, 6.07) is 14.9. The topological polar surface area (TPSA) is 9.23 Å². The highest BCUT2D eigenvalue weighted by Gasteiger charge is 2.36. The van der Waals surface area contributed by atoms with Gasteiger partial charge in [-0.2, -0.15) is 0 Å². The zero-order valence-corrected chi connectivity index (χ0v) is 10.4. The van der Waals surface area contributed by atoms with Crippen LogP contribution in [0.15, 0.2) is 42.5 Å². The fourth-order valence-corrected chi connectivity index (χ4v) is 2.89. The summed E-state index contributed by atoms with van der Waals surface area (Å²) in [4.78, 5) is 0. The van der Waals surface area contributed by atoms with E-state index in [0.717, 1.165) is 5.75 Å². The third kappa shape index (κ3) is 1.25. The number of hydrogen-bond acceptors (Lipinski definition) is 1. The molecule has 0 radical (unpaired) electrons.